The van der Waals surface area contributed by atoms with Crippen LogP contribution in [0.2, 0.25) is 0 Å². The zero-order valence-electron chi connectivity index (χ0n) is 10.5. The first kappa shape index (κ1) is 13.6. The second kappa shape index (κ2) is 5.75. The van der Waals surface area contributed by atoms with Gasteiger partial charge in [-0.2, -0.15) is 0 Å². The first-order chi connectivity index (χ1) is 7.52. The molecule has 1 rings (SSSR count). The van der Waals surface area contributed by atoms with Crippen LogP contribution in [0.25, 0.3) is 0 Å². The monoisotopic (exact) mass is 229 g/mol. The highest BCUT2D eigenvalue weighted by Gasteiger charge is 2.56. The normalized spacial score (nSPS) is 26.7. The van der Waals surface area contributed by atoms with E-state index in [4.69, 9.17) is 9.47 Å². The first-order valence-corrected chi connectivity index (χ1v) is 5.86. The molecule has 0 aliphatic heterocycles. The zero-order valence-corrected chi connectivity index (χ0v) is 10.5. The number of rotatable bonds is 9. The van der Waals surface area contributed by atoms with Crippen molar-refractivity contribution in [3.63, 3.8) is 0 Å². The van der Waals surface area contributed by atoms with Gasteiger partial charge in [-0.3, -0.25) is 0 Å². The molecule has 0 radical (unpaired) electrons. The Morgan fingerprint density at radius 1 is 1.19 bits per heavy atom. The van der Waals surface area contributed by atoms with Gasteiger partial charge in [-0.25, -0.2) is 0 Å². The average Bonchev–Trinajstić information content (AvgIpc) is 2.70. The maximum atomic E-state index is 9.94. The Hall–Kier alpha value is -0.450. The highest BCUT2D eigenvalue weighted by atomic mass is 16.5. The lowest BCUT2D eigenvalue weighted by Crippen LogP contribution is -2.35. The van der Waals surface area contributed by atoms with E-state index in [1.807, 2.05) is 0 Å². The average molecular weight is 229 g/mol. The van der Waals surface area contributed by atoms with E-state index in [-0.39, 0.29) is 12.1 Å². The SMILES string of the molecule is CC1(C)CC1(C)NCCOCCOCC=O. The molecule has 1 unspecified atom stereocenters. The Kier molecular flexibility index (Phi) is 4.89. The molecule has 0 saturated heterocycles. The molecule has 1 N–H and O–H groups in total. The maximum absolute atomic E-state index is 9.94. The molecule has 0 amide bonds. The van der Waals surface area contributed by atoms with Gasteiger partial charge in [0, 0.05) is 12.1 Å². The molecule has 4 nitrogen and oxygen atoms in total. The van der Waals surface area contributed by atoms with Crippen molar-refractivity contribution in [1.29, 1.82) is 0 Å². The van der Waals surface area contributed by atoms with Crippen molar-refractivity contribution in [3.05, 3.63) is 0 Å². The molecule has 0 aromatic carbocycles. The van der Waals surface area contributed by atoms with Gasteiger partial charge in [-0.05, 0) is 18.8 Å². The number of carbonyl (C=O) groups excluding carboxylic acids is 1. The van der Waals surface area contributed by atoms with E-state index < -0.39 is 0 Å². The minimum Gasteiger partial charge on any atom is -0.378 e. The van der Waals surface area contributed by atoms with Crippen LogP contribution in [0.4, 0.5) is 0 Å². The fourth-order valence-corrected chi connectivity index (χ4v) is 1.89. The predicted molar refractivity (Wildman–Crippen MR) is 62.5 cm³/mol. The van der Waals surface area contributed by atoms with E-state index in [1.165, 1.54) is 6.42 Å². The Bertz CT molecular complexity index is 230. The minimum atomic E-state index is 0.161. The lowest BCUT2D eigenvalue weighted by atomic mass is 10.1. The van der Waals surface area contributed by atoms with Gasteiger partial charge in [-0.15, -0.1) is 0 Å². The van der Waals surface area contributed by atoms with Crippen LogP contribution in [0, 0.1) is 5.41 Å². The summed E-state index contributed by atoms with van der Waals surface area (Å²) in [6.07, 6.45) is 1.97. The largest absolute Gasteiger partial charge is 0.378 e. The van der Waals surface area contributed by atoms with Crippen molar-refractivity contribution in [3.8, 4) is 0 Å². The predicted octanol–water partition coefficient (Wildman–Crippen LogP) is 0.997. The van der Waals surface area contributed by atoms with Crippen LogP contribution < -0.4 is 5.32 Å². The van der Waals surface area contributed by atoms with E-state index in [2.05, 4.69) is 26.1 Å². The lowest BCUT2D eigenvalue weighted by Gasteiger charge is -2.16. The fraction of sp³-hybridized carbons (Fsp3) is 0.917. The van der Waals surface area contributed by atoms with Gasteiger partial charge in [0.1, 0.15) is 12.9 Å². The molecule has 1 saturated carbocycles. The molecule has 0 aromatic heterocycles. The standard InChI is InChI=1S/C12H23NO3/c1-11(2)10-12(11,3)13-4-6-15-8-9-16-7-5-14/h5,13H,4,6-10H2,1-3H3. The van der Waals surface area contributed by atoms with Gasteiger partial charge in [0.25, 0.3) is 0 Å². The summed E-state index contributed by atoms with van der Waals surface area (Å²) >= 11 is 0. The van der Waals surface area contributed by atoms with E-state index in [0.717, 1.165) is 12.8 Å². The number of hydrogen-bond acceptors (Lipinski definition) is 4. The van der Waals surface area contributed by atoms with Crippen molar-refractivity contribution in [2.24, 2.45) is 5.41 Å². The van der Waals surface area contributed by atoms with E-state index in [1.54, 1.807) is 0 Å². The molecule has 1 fully saturated rings. The van der Waals surface area contributed by atoms with Crippen molar-refractivity contribution < 1.29 is 14.3 Å². The molecule has 0 aromatic rings. The molecule has 94 valence electrons. The number of ether oxygens (including phenoxy) is 2. The summed E-state index contributed by atoms with van der Waals surface area (Å²) in [4.78, 5) is 9.94. The third kappa shape index (κ3) is 3.85. The van der Waals surface area contributed by atoms with Crippen molar-refractivity contribution in [2.75, 3.05) is 33.0 Å². The molecule has 1 aliphatic rings. The van der Waals surface area contributed by atoms with E-state index in [9.17, 15) is 4.79 Å². The van der Waals surface area contributed by atoms with Crippen LogP contribution in [0.1, 0.15) is 27.2 Å². The number of carbonyl (C=O) groups is 1. The Morgan fingerprint density at radius 2 is 1.81 bits per heavy atom. The summed E-state index contributed by atoms with van der Waals surface area (Å²) in [6.45, 7) is 9.55. The van der Waals surface area contributed by atoms with Gasteiger partial charge in [0.05, 0.1) is 19.8 Å². The summed E-state index contributed by atoms with van der Waals surface area (Å²) in [7, 11) is 0. The zero-order chi connectivity index (χ0) is 12.1. The van der Waals surface area contributed by atoms with Gasteiger partial charge in [0.2, 0.25) is 0 Å². The van der Waals surface area contributed by atoms with Crippen LogP contribution in [0.15, 0.2) is 0 Å². The minimum absolute atomic E-state index is 0.161. The summed E-state index contributed by atoms with van der Waals surface area (Å²) in [5.41, 5.74) is 0.699. The van der Waals surface area contributed by atoms with Crippen LogP contribution in [-0.4, -0.2) is 44.8 Å². The van der Waals surface area contributed by atoms with Crippen molar-refractivity contribution in [2.45, 2.75) is 32.7 Å². The molecule has 16 heavy (non-hydrogen) atoms. The highest BCUT2D eigenvalue weighted by molar-refractivity contribution is 5.50. The van der Waals surface area contributed by atoms with Crippen LogP contribution in [0.5, 0.6) is 0 Å². The molecule has 0 bridgehead atoms. The second-order valence-electron chi connectivity index (χ2n) is 5.17. The second-order valence-corrected chi connectivity index (χ2v) is 5.17. The quantitative estimate of drug-likeness (QED) is 0.473. The molecule has 0 heterocycles. The molecular weight excluding hydrogens is 206 g/mol. The number of hydrogen-bond donors (Lipinski definition) is 1. The van der Waals surface area contributed by atoms with Crippen molar-refractivity contribution >= 4 is 6.29 Å². The third-order valence-corrected chi connectivity index (χ3v) is 3.48. The van der Waals surface area contributed by atoms with Crippen molar-refractivity contribution in [1.82, 2.24) is 5.32 Å². The molecule has 1 atom stereocenters. The fourth-order valence-electron chi connectivity index (χ4n) is 1.89. The maximum Gasteiger partial charge on any atom is 0.145 e. The molecule has 0 spiro atoms. The Morgan fingerprint density at radius 3 is 2.38 bits per heavy atom. The topological polar surface area (TPSA) is 47.6 Å². The molecular formula is C12H23NO3. The Balaban J connectivity index is 1.88. The lowest BCUT2D eigenvalue weighted by molar-refractivity contribution is -0.112. The van der Waals surface area contributed by atoms with Crippen LogP contribution in [0.3, 0.4) is 0 Å². The molecule has 4 heteroatoms. The van der Waals surface area contributed by atoms with Crippen LogP contribution in [-0.2, 0) is 14.3 Å². The van der Waals surface area contributed by atoms with Gasteiger partial charge in [-0.1, -0.05) is 13.8 Å². The van der Waals surface area contributed by atoms with Gasteiger partial charge < -0.3 is 19.6 Å². The summed E-state index contributed by atoms with van der Waals surface area (Å²) in [5.74, 6) is 0. The van der Waals surface area contributed by atoms with E-state index >= 15 is 0 Å². The smallest absolute Gasteiger partial charge is 0.145 e. The third-order valence-electron chi connectivity index (χ3n) is 3.48. The summed E-state index contributed by atoms with van der Waals surface area (Å²) in [6, 6.07) is 0. The summed E-state index contributed by atoms with van der Waals surface area (Å²) in [5, 5.41) is 3.50. The van der Waals surface area contributed by atoms with E-state index in [0.29, 0.717) is 25.2 Å². The number of nitrogens with one attached hydrogen (secondary N) is 1. The summed E-state index contributed by atoms with van der Waals surface area (Å²) < 4.78 is 10.3. The highest BCUT2D eigenvalue weighted by Crippen LogP contribution is 2.54. The molecule has 1 aliphatic carbocycles. The van der Waals surface area contributed by atoms with Gasteiger partial charge in [0.15, 0.2) is 0 Å². The van der Waals surface area contributed by atoms with Gasteiger partial charge >= 0.3 is 0 Å². The van der Waals surface area contributed by atoms with Crippen LogP contribution >= 0.6 is 0 Å². The Labute approximate surface area is 97.7 Å². The number of aldehydes is 1. The first-order valence-electron chi connectivity index (χ1n) is 5.86.